The lowest BCUT2D eigenvalue weighted by atomic mass is 10.3. The maximum atomic E-state index is 9.62. The van der Waals surface area contributed by atoms with Gasteiger partial charge in [-0.25, -0.2) is 0 Å². The van der Waals surface area contributed by atoms with Crippen molar-refractivity contribution in [2.45, 2.75) is 95.5 Å². The summed E-state index contributed by atoms with van der Waals surface area (Å²) in [5.74, 6) is -1.88. The first kappa shape index (κ1) is 38.6. The molecule has 45 heavy (non-hydrogen) atoms. The molecule has 3 aliphatic heterocycles. The Bertz CT molecular complexity index is 820. The van der Waals surface area contributed by atoms with E-state index in [1.807, 2.05) is 41.5 Å². The van der Waals surface area contributed by atoms with Gasteiger partial charge in [0.25, 0.3) is 0 Å². The minimum Gasteiger partial charge on any atom is -0.394 e. The van der Waals surface area contributed by atoms with E-state index in [1.54, 1.807) is 0 Å². The Morgan fingerprint density at radius 2 is 1.00 bits per heavy atom. The summed E-state index contributed by atoms with van der Waals surface area (Å²) in [5, 5.41) is 18.7. The molecule has 0 aliphatic carbocycles. The molecule has 3 fully saturated rings. The van der Waals surface area contributed by atoms with Gasteiger partial charge in [0.2, 0.25) is 0 Å². The molecule has 0 radical (unpaired) electrons. The Kier molecular flexibility index (Phi) is 16.0. The molecule has 0 amide bonds. The van der Waals surface area contributed by atoms with Gasteiger partial charge in [0.1, 0.15) is 36.6 Å². The highest BCUT2D eigenvalue weighted by Gasteiger charge is 2.35. The Balaban J connectivity index is 1.42. The monoisotopic (exact) mass is 652 g/mol. The van der Waals surface area contributed by atoms with Gasteiger partial charge in [-0.2, -0.15) is 0 Å². The molecular weight excluding hydrogens is 596 g/mol. The lowest BCUT2D eigenvalue weighted by molar-refractivity contribution is -0.151. The Labute approximate surface area is 267 Å². The van der Waals surface area contributed by atoms with Crippen molar-refractivity contribution in [1.29, 1.82) is 0 Å². The summed E-state index contributed by atoms with van der Waals surface area (Å²) >= 11 is 0. The molecule has 5 atom stereocenters. The highest BCUT2D eigenvalue weighted by molar-refractivity contribution is 4.95. The lowest BCUT2D eigenvalue weighted by Crippen LogP contribution is -2.33. The average molecular weight is 653 g/mol. The molecule has 0 spiro atoms. The van der Waals surface area contributed by atoms with Crippen molar-refractivity contribution in [3.05, 3.63) is 12.2 Å². The van der Waals surface area contributed by atoms with Crippen molar-refractivity contribution in [3.8, 4) is 0 Å². The topological polar surface area (TPSA) is 151 Å². The second kappa shape index (κ2) is 18.7. The van der Waals surface area contributed by atoms with Crippen LogP contribution in [0, 0.1) is 0 Å². The molecule has 3 saturated heterocycles. The molecule has 14 heteroatoms. The molecule has 14 nitrogen and oxygen atoms in total. The summed E-state index contributed by atoms with van der Waals surface area (Å²) in [5.41, 5.74) is 0.693. The van der Waals surface area contributed by atoms with E-state index in [-0.39, 0.29) is 70.7 Å². The Morgan fingerprint density at radius 3 is 1.31 bits per heavy atom. The number of ether oxygens (including phenoxy) is 12. The van der Waals surface area contributed by atoms with Crippen LogP contribution in [0.3, 0.4) is 0 Å². The Morgan fingerprint density at radius 1 is 0.644 bits per heavy atom. The van der Waals surface area contributed by atoms with Crippen molar-refractivity contribution in [2.75, 3.05) is 92.5 Å². The first-order valence-corrected chi connectivity index (χ1v) is 15.7. The first-order valence-electron chi connectivity index (χ1n) is 15.7. The molecule has 0 saturated carbocycles. The molecule has 0 aromatic carbocycles. The van der Waals surface area contributed by atoms with Gasteiger partial charge in [0.15, 0.2) is 17.4 Å². The second-order valence-electron chi connectivity index (χ2n) is 13.0. The van der Waals surface area contributed by atoms with Gasteiger partial charge in [0, 0.05) is 0 Å². The fourth-order valence-electron chi connectivity index (χ4n) is 4.72. The standard InChI is InChI=1S/C31H56O14/c1-22(9-38-24(12-34-11-23(33)8-32)13-35-16-26-19-40-29(2,3)43-26)10-39-25(14-36-17-27-20-41-30(4,5)44-27)15-37-18-28-21-42-31(6,7)45-28/h23-28,32-33H,1,8-21H2,2-7H3. The summed E-state index contributed by atoms with van der Waals surface area (Å²) in [6.07, 6.45) is -2.30. The molecular formula is C31H56O14. The van der Waals surface area contributed by atoms with Gasteiger partial charge in [-0.15, -0.1) is 0 Å². The quantitative estimate of drug-likeness (QED) is 0.152. The highest BCUT2D eigenvalue weighted by atomic mass is 16.8. The molecule has 0 bridgehead atoms. The summed E-state index contributed by atoms with van der Waals surface area (Å²) in [6.45, 7) is 18.7. The van der Waals surface area contributed by atoms with Crippen LogP contribution in [0.4, 0.5) is 0 Å². The number of hydrogen-bond donors (Lipinski definition) is 2. The molecule has 0 aromatic rings. The highest BCUT2D eigenvalue weighted by Crippen LogP contribution is 2.24. The van der Waals surface area contributed by atoms with E-state index in [1.165, 1.54) is 0 Å². The third-order valence-electron chi connectivity index (χ3n) is 6.90. The van der Waals surface area contributed by atoms with Crippen LogP contribution < -0.4 is 0 Å². The van der Waals surface area contributed by atoms with Crippen molar-refractivity contribution < 1.29 is 67.1 Å². The van der Waals surface area contributed by atoms with Gasteiger partial charge in [-0.05, 0) is 47.1 Å². The largest absolute Gasteiger partial charge is 0.394 e. The molecule has 2 N–H and O–H groups in total. The minimum absolute atomic E-state index is 0.0269. The molecule has 264 valence electrons. The van der Waals surface area contributed by atoms with Gasteiger partial charge in [-0.1, -0.05) is 6.58 Å². The number of hydrogen-bond acceptors (Lipinski definition) is 14. The zero-order valence-corrected chi connectivity index (χ0v) is 27.9. The molecule has 3 aliphatic rings. The average Bonchev–Trinajstić information content (AvgIpc) is 3.63. The zero-order valence-electron chi connectivity index (χ0n) is 27.9. The third kappa shape index (κ3) is 15.8. The van der Waals surface area contributed by atoms with Crippen LogP contribution in [-0.4, -0.2) is 157 Å². The summed E-state index contributed by atoms with van der Waals surface area (Å²) in [7, 11) is 0. The third-order valence-corrected chi connectivity index (χ3v) is 6.90. The summed E-state index contributed by atoms with van der Waals surface area (Å²) in [4.78, 5) is 0. The van der Waals surface area contributed by atoms with Crippen LogP contribution in [0.5, 0.6) is 0 Å². The van der Waals surface area contributed by atoms with Gasteiger partial charge < -0.3 is 67.1 Å². The lowest BCUT2D eigenvalue weighted by Gasteiger charge is -2.23. The van der Waals surface area contributed by atoms with Crippen LogP contribution in [-0.2, 0) is 56.8 Å². The van der Waals surface area contributed by atoms with E-state index in [4.69, 9.17) is 61.9 Å². The number of rotatable bonds is 23. The second-order valence-corrected chi connectivity index (χ2v) is 13.0. The maximum Gasteiger partial charge on any atom is 0.163 e. The van der Waals surface area contributed by atoms with Crippen LogP contribution in [0.2, 0.25) is 0 Å². The van der Waals surface area contributed by atoms with Crippen LogP contribution in [0.25, 0.3) is 0 Å². The molecule has 0 aromatic heterocycles. The number of aliphatic hydroxyl groups excluding tert-OH is 2. The fourth-order valence-corrected chi connectivity index (χ4v) is 4.72. The van der Waals surface area contributed by atoms with E-state index in [0.717, 1.165) is 0 Å². The zero-order chi connectivity index (χ0) is 32.9. The van der Waals surface area contributed by atoms with Crippen molar-refractivity contribution in [2.24, 2.45) is 0 Å². The normalized spacial score (nSPS) is 27.5. The molecule has 3 rings (SSSR count). The maximum absolute atomic E-state index is 9.62. The van der Waals surface area contributed by atoms with Crippen molar-refractivity contribution in [1.82, 2.24) is 0 Å². The van der Waals surface area contributed by atoms with Crippen molar-refractivity contribution in [3.63, 3.8) is 0 Å². The van der Waals surface area contributed by atoms with E-state index >= 15 is 0 Å². The summed E-state index contributed by atoms with van der Waals surface area (Å²) in [6, 6.07) is 0. The molecule has 5 unspecified atom stereocenters. The Hall–Kier alpha value is -0.820. The van der Waals surface area contributed by atoms with Gasteiger partial charge in [-0.3, -0.25) is 0 Å². The van der Waals surface area contributed by atoms with Crippen LogP contribution in [0.15, 0.2) is 12.2 Å². The predicted molar refractivity (Wildman–Crippen MR) is 160 cm³/mol. The first-order chi connectivity index (χ1) is 21.2. The molecule has 3 heterocycles. The van der Waals surface area contributed by atoms with Gasteiger partial charge in [0.05, 0.1) is 92.5 Å². The van der Waals surface area contributed by atoms with Crippen LogP contribution >= 0.6 is 0 Å². The number of aliphatic hydroxyl groups is 2. The predicted octanol–water partition coefficient (Wildman–Crippen LogP) is 1.19. The fraction of sp³-hybridized carbons (Fsp3) is 0.935. The van der Waals surface area contributed by atoms with E-state index in [0.29, 0.717) is 45.2 Å². The van der Waals surface area contributed by atoms with E-state index < -0.39 is 36.2 Å². The smallest absolute Gasteiger partial charge is 0.163 e. The SMILES string of the molecule is C=C(COC(COCC(O)CO)COCC1COC(C)(C)O1)COC(COCC1COC(C)(C)O1)COCC1COC(C)(C)O1. The summed E-state index contributed by atoms with van der Waals surface area (Å²) < 4.78 is 69.6. The van der Waals surface area contributed by atoms with Gasteiger partial charge >= 0.3 is 0 Å². The van der Waals surface area contributed by atoms with Crippen LogP contribution in [0.1, 0.15) is 41.5 Å². The minimum atomic E-state index is -0.971. The van der Waals surface area contributed by atoms with E-state index in [9.17, 15) is 5.11 Å². The van der Waals surface area contributed by atoms with Crippen molar-refractivity contribution >= 4 is 0 Å². The van der Waals surface area contributed by atoms with E-state index in [2.05, 4.69) is 6.58 Å².